The Kier molecular flexibility index (Phi) is 5.44. The molecule has 2 aliphatic rings. The molecule has 1 N–H and O–H groups in total. The van der Waals surface area contributed by atoms with Crippen molar-refractivity contribution < 1.29 is 22.7 Å². The van der Waals surface area contributed by atoms with Gasteiger partial charge in [0.2, 0.25) is 5.91 Å². The molecule has 154 valence electrons. The molecule has 1 spiro atoms. The van der Waals surface area contributed by atoms with Crippen molar-refractivity contribution in [2.75, 3.05) is 13.1 Å². The summed E-state index contributed by atoms with van der Waals surface area (Å²) in [6.07, 6.45) is 1.45. The summed E-state index contributed by atoms with van der Waals surface area (Å²) in [5.41, 5.74) is -0.973. The van der Waals surface area contributed by atoms with E-state index in [1.807, 2.05) is 20.8 Å². The highest BCUT2D eigenvalue weighted by molar-refractivity contribution is 7.92. The third kappa shape index (κ3) is 4.48. The highest BCUT2D eigenvalue weighted by Crippen LogP contribution is 2.43. The van der Waals surface area contributed by atoms with Gasteiger partial charge in [0.15, 0.2) is 9.84 Å². The molecule has 3 rings (SSSR count). The van der Waals surface area contributed by atoms with Gasteiger partial charge in [-0.2, -0.15) is 0 Å². The molecule has 28 heavy (non-hydrogen) atoms. The molecule has 0 bridgehead atoms. The van der Waals surface area contributed by atoms with Gasteiger partial charge in [-0.05, 0) is 57.6 Å². The Morgan fingerprint density at radius 2 is 1.79 bits per heavy atom. The number of carbonyl (C=O) groups excluding carboxylic acids is 2. The summed E-state index contributed by atoms with van der Waals surface area (Å²) in [6, 6.07) is 8.20. The van der Waals surface area contributed by atoms with Crippen LogP contribution in [0, 0.1) is 5.41 Å². The Balaban J connectivity index is 1.72. The normalized spacial score (nSPS) is 22.6. The summed E-state index contributed by atoms with van der Waals surface area (Å²) in [5, 5.41) is 1.72. The average Bonchev–Trinajstić information content (AvgIpc) is 2.61. The summed E-state index contributed by atoms with van der Waals surface area (Å²) in [7, 11) is -3.66. The van der Waals surface area contributed by atoms with E-state index in [0.29, 0.717) is 32.4 Å². The number of amides is 2. The van der Waals surface area contributed by atoms with Crippen LogP contribution in [0.1, 0.15) is 46.5 Å². The van der Waals surface area contributed by atoms with E-state index in [1.54, 1.807) is 35.2 Å². The van der Waals surface area contributed by atoms with Gasteiger partial charge in [-0.15, -0.1) is 0 Å². The van der Waals surface area contributed by atoms with Crippen LogP contribution in [0.2, 0.25) is 0 Å². The van der Waals surface area contributed by atoms with Crippen molar-refractivity contribution in [3.8, 4) is 0 Å². The Labute approximate surface area is 166 Å². The van der Waals surface area contributed by atoms with Crippen LogP contribution in [-0.2, 0) is 19.4 Å². The first-order valence-electron chi connectivity index (χ1n) is 9.57. The number of hydrogen-bond acceptors (Lipinski definition) is 5. The first kappa shape index (κ1) is 20.6. The number of hydrogen-bond donors (Lipinski definition) is 1. The van der Waals surface area contributed by atoms with E-state index in [-0.39, 0.29) is 23.3 Å². The summed E-state index contributed by atoms with van der Waals surface area (Å²) >= 11 is 0. The molecule has 0 aromatic heterocycles. The van der Waals surface area contributed by atoms with Crippen LogP contribution >= 0.6 is 0 Å². The van der Waals surface area contributed by atoms with E-state index < -0.39 is 26.2 Å². The van der Waals surface area contributed by atoms with Gasteiger partial charge in [0.1, 0.15) is 11.0 Å². The monoisotopic (exact) mass is 408 g/mol. The van der Waals surface area contributed by atoms with Crippen LogP contribution in [0.3, 0.4) is 0 Å². The highest BCUT2D eigenvalue weighted by atomic mass is 32.2. The van der Waals surface area contributed by atoms with E-state index in [4.69, 9.17) is 4.74 Å². The number of rotatable bonds is 2. The molecule has 0 radical (unpaired) electrons. The van der Waals surface area contributed by atoms with Gasteiger partial charge in [-0.25, -0.2) is 13.2 Å². The lowest BCUT2D eigenvalue weighted by molar-refractivity contribution is -0.127. The minimum absolute atomic E-state index is 0.212. The van der Waals surface area contributed by atoms with Crippen molar-refractivity contribution in [1.29, 1.82) is 0 Å². The number of nitrogens with zero attached hydrogens (tertiary/aromatic N) is 1. The molecule has 7 nitrogen and oxygen atoms in total. The molecule has 2 saturated heterocycles. The Bertz CT molecular complexity index is 837. The predicted octanol–water partition coefficient (Wildman–Crippen LogP) is 2.71. The zero-order chi connectivity index (χ0) is 20.6. The van der Waals surface area contributed by atoms with Gasteiger partial charge in [0.25, 0.3) is 0 Å². The van der Waals surface area contributed by atoms with Crippen molar-refractivity contribution >= 4 is 21.8 Å². The zero-order valence-electron chi connectivity index (χ0n) is 16.6. The molecule has 1 unspecified atom stereocenters. The maximum atomic E-state index is 13.0. The van der Waals surface area contributed by atoms with Gasteiger partial charge >= 0.3 is 6.09 Å². The second kappa shape index (κ2) is 7.39. The topological polar surface area (TPSA) is 92.8 Å². The number of ether oxygens (including phenoxy) is 1. The molecule has 2 amide bonds. The summed E-state index contributed by atoms with van der Waals surface area (Å²) in [4.78, 5) is 26.5. The molecule has 8 heteroatoms. The van der Waals surface area contributed by atoms with Gasteiger partial charge in [-0.3, -0.25) is 4.79 Å². The lowest BCUT2D eigenvalue weighted by Crippen LogP contribution is -2.55. The van der Waals surface area contributed by atoms with Gasteiger partial charge in [0.05, 0.1) is 4.90 Å². The Hall–Kier alpha value is -2.09. The molecular formula is C20H28N2O5S. The second-order valence-corrected chi connectivity index (χ2v) is 10.9. The Morgan fingerprint density at radius 1 is 1.18 bits per heavy atom. The van der Waals surface area contributed by atoms with Crippen molar-refractivity contribution in [3.05, 3.63) is 30.3 Å². The molecule has 2 heterocycles. The van der Waals surface area contributed by atoms with Crippen LogP contribution in [0.25, 0.3) is 0 Å². The number of likely N-dealkylation sites (tertiary alicyclic amines) is 1. The number of carbonyl (C=O) groups is 2. The van der Waals surface area contributed by atoms with Crippen LogP contribution in [0.4, 0.5) is 4.79 Å². The number of sulfone groups is 1. The average molecular weight is 409 g/mol. The quantitative estimate of drug-likeness (QED) is 0.812. The lowest BCUT2D eigenvalue weighted by Gasteiger charge is -2.45. The summed E-state index contributed by atoms with van der Waals surface area (Å²) < 4.78 is 31.4. The first-order chi connectivity index (χ1) is 13.0. The van der Waals surface area contributed by atoms with Crippen molar-refractivity contribution in [1.82, 2.24) is 10.2 Å². The van der Waals surface area contributed by atoms with Gasteiger partial charge in [0, 0.05) is 19.5 Å². The number of nitrogens with one attached hydrogen (secondary N) is 1. The smallest absolute Gasteiger partial charge is 0.410 e. The van der Waals surface area contributed by atoms with Gasteiger partial charge in [-0.1, -0.05) is 18.2 Å². The molecule has 2 fully saturated rings. The summed E-state index contributed by atoms with van der Waals surface area (Å²) in [5.74, 6) is -0.249. The molecular weight excluding hydrogens is 380 g/mol. The van der Waals surface area contributed by atoms with E-state index in [2.05, 4.69) is 5.32 Å². The standard InChI is InChI=1S/C20H28N2O5S/c1-19(2,3)27-18(24)22-11-9-20(10-12-22)13-16(23)21-17(14-20)28(25,26)15-7-5-4-6-8-15/h4-8,17H,9-14H2,1-3H3,(H,21,23). The highest BCUT2D eigenvalue weighted by Gasteiger charge is 2.47. The number of benzene rings is 1. The van der Waals surface area contributed by atoms with Crippen LogP contribution in [0.15, 0.2) is 35.2 Å². The van der Waals surface area contributed by atoms with Gasteiger partial charge < -0.3 is 15.0 Å². The third-order valence-electron chi connectivity index (χ3n) is 5.40. The molecule has 0 aliphatic carbocycles. The van der Waals surface area contributed by atoms with Crippen molar-refractivity contribution in [2.24, 2.45) is 5.41 Å². The first-order valence-corrected chi connectivity index (χ1v) is 11.1. The fourth-order valence-corrected chi connectivity index (χ4v) is 5.64. The number of piperidine rings is 2. The zero-order valence-corrected chi connectivity index (χ0v) is 17.4. The fraction of sp³-hybridized carbons (Fsp3) is 0.600. The minimum Gasteiger partial charge on any atom is -0.444 e. The third-order valence-corrected chi connectivity index (χ3v) is 7.36. The molecule has 1 aromatic rings. The molecule has 2 aliphatic heterocycles. The predicted molar refractivity (Wildman–Crippen MR) is 104 cm³/mol. The molecule has 1 aromatic carbocycles. The van der Waals surface area contributed by atoms with E-state index in [9.17, 15) is 18.0 Å². The SMILES string of the molecule is CC(C)(C)OC(=O)N1CCC2(CC1)CC(=O)NC(S(=O)(=O)c1ccccc1)C2. The fourth-order valence-electron chi connectivity index (χ4n) is 3.92. The van der Waals surface area contributed by atoms with E-state index in [1.165, 1.54) is 0 Å². The summed E-state index contributed by atoms with van der Waals surface area (Å²) in [6.45, 7) is 6.38. The maximum absolute atomic E-state index is 13.0. The van der Waals surface area contributed by atoms with Crippen LogP contribution in [0.5, 0.6) is 0 Å². The largest absolute Gasteiger partial charge is 0.444 e. The minimum atomic E-state index is -3.66. The molecule has 1 atom stereocenters. The van der Waals surface area contributed by atoms with E-state index in [0.717, 1.165) is 0 Å². The second-order valence-electron chi connectivity index (χ2n) is 8.76. The van der Waals surface area contributed by atoms with Crippen molar-refractivity contribution in [2.45, 2.75) is 62.3 Å². The van der Waals surface area contributed by atoms with E-state index >= 15 is 0 Å². The Morgan fingerprint density at radius 3 is 2.36 bits per heavy atom. The lowest BCUT2D eigenvalue weighted by atomic mass is 9.71. The molecule has 0 saturated carbocycles. The van der Waals surface area contributed by atoms with Crippen molar-refractivity contribution in [3.63, 3.8) is 0 Å². The van der Waals surface area contributed by atoms with Crippen LogP contribution < -0.4 is 5.32 Å². The maximum Gasteiger partial charge on any atom is 0.410 e. The van der Waals surface area contributed by atoms with Crippen LogP contribution in [-0.4, -0.2) is 49.4 Å².